The predicted molar refractivity (Wildman–Crippen MR) is 108 cm³/mol. The second-order valence-electron chi connectivity index (χ2n) is 6.46. The molecule has 144 valence electrons. The maximum Gasteiger partial charge on any atom is 0.238 e. The monoisotopic (exact) mass is 429 g/mol. The molecule has 0 aromatic heterocycles. The molecule has 0 atom stereocenters. The van der Waals surface area contributed by atoms with Gasteiger partial charge in [0.15, 0.2) is 0 Å². The second kappa shape index (κ2) is 9.22. The number of hydrogen-bond acceptors (Lipinski definition) is 3. The minimum atomic E-state index is -0.333. The third-order valence-electron chi connectivity index (χ3n) is 4.45. The van der Waals surface area contributed by atoms with Crippen molar-refractivity contribution in [2.75, 3.05) is 38.0 Å². The molecule has 0 saturated carbocycles. The van der Waals surface area contributed by atoms with Crippen molar-refractivity contribution in [1.82, 2.24) is 9.80 Å². The average Bonchev–Trinajstić information content (AvgIpc) is 2.61. The summed E-state index contributed by atoms with van der Waals surface area (Å²) in [6, 6.07) is 9.43. The molecule has 4 nitrogen and oxygen atoms in total. The van der Waals surface area contributed by atoms with Gasteiger partial charge < -0.3 is 5.32 Å². The summed E-state index contributed by atoms with van der Waals surface area (Å²) in [4.78, 5) is 16.6. The first-order valence-corrected chi connectivity index (χ1v) is 9.67. The summed E-state index contributed by atoms with van der Waals surface area (Å²) >= 11 is 18.0. The number of benzene rings is 2. The highest BCUT2D eigenvalue weighted by Crippen LogP contribution is 2.25. The van der Waals surface area contributed by atoms with Crippen LogP contribution in [0.3, 0.4) is 0 Å². The predicted octanol–water partition coefficient (Wildman–Crippen LogP) is 4.54. The van der Waals surface area contributed by atoms with E-state index >= 15 is 0 Å². The summed E-state index contributed by atoms with van der Waals surface area (Å²) in [5.74, 6) is -0.449. The Hall–Kier alpha value is -1.37. The fourth-order valence-corrected chi connectivity index (χ4v) is 3.66. The molecule has 1 aliphatic rings. The van der Waals surface area contributed by atoms with Crippen LogP contribution in [0, 0.1) is 5.82 Å². The van der Waals surface area contributed by atoms with Gasteiger partial charge in [0.25, 0.3) is 0 Å². The Morgan fingerprint density at radius 2 is 1.67 bits per heavy atom. The number of carbonyl (C=O) groups excluding carboxylic acids is 1. The van der Waals surface area contributed by atoms with Gasteiger partial charge in [0.05, 0.1) is 17.3 Å². The van der Waals surface area contributed by atoms with Gasteiger partial charge >= 0.3 is 0 Å². The van der Waals surface area contributed by atoms with Crippen LogP contribution in [0.1, 0.15) is 5.56 Å². The molecule has 1 amide bonds. The van der Waals surface area contributed by atoms with Crippen molar-refractivity contribution < 1.29 is 9.18 Å². The SMILES string of the molecule is O=C(CN1CCN(Cc2ccc(F)cc2Cl)CC1)Nc1ccc(Cl)cc1Cl. The molecule has 1 N–H and O–H groups in total. The minimum absolute atomic E-state index is 0.116. The molecule has 0 bridgehead atoms. The highest BCUT2D eigenvalue weighted by molar-refractivity contribution is 6.36. The number of nitrogens with one attached hydrogen (secondary N) is 1. The maximum absolute atomic E-state index is 13.1. The zero-order valence-corrected chi connectivity index (χ0v) is 16.8. The zero-order chi connectivity index (χ0) is 19.4. The van der Waals surface area contributed by atoms with Crippen LogP contribution in [-0.2, 0) is 11.3 Å². The molecule has 0 radical (unpaired) electrons. The van der Waals surface area contributed by atoms with Gasteiger partial charge in [-0.15, -0.1) is 0 Å². The van der Waals surface area contributed by atoms with Gasteiger partial charge in [0.2, 0.25) is 5.91 Å². The first-order valence-electron chi connectivity index (χ1n) is 8.54. The van der Waals surface area contributed by atoms with Gasteiger partial charge in [-0.1, -0.05) is 40.9 Å². The van der Waals surface area contributed by atoms with E-state index in [-0.39, 0.29) is 11.7 Å². The third-order valence-corrected chi connectivity index (χ3v) is 5.35. The molecular weight excluding hydrogens is 412 g/mol. The van der Waals surface area contributed by atoms with Crippen LogP contribution in [-0.4, -0.2) is 48.4 Å². The molecule has 2 aromatic carbocycles. The fraction of sp³-hybridized carbons (Fsp3) is 0.316. The maximum atomic E-state index is 13.1. The molecule has 1 fully saturated rings. The van der Waals surface area contributed by atoms with E-state index in [0.717, 1.165) is 31.7 Å². The van der Waals surface area contributed by atoms with Gasteiger partial charge in [0.1, 0.15) is 5.82 Å². The Morgan fingerprint density at radius 3 is 2.33 bits per heavy atom. The molecule has 3 rings (SSSR count). The Labute approximate surface area is 172 Å². The van der Waals surface area contributed by atoms with Crippen molar-refractivity contribution in [2.45, 2.75) is 6.54 Å². The summed E-state index contributed by atoms with van der Waals surface area (Å²) in [6.07, 6.45) is 0. The van der Waals surface area contributed by atoms with E-state index in [2.05, 4.69) is 15.1 Å². The second-order valence-corrected chi connectivity index (χ2v) is 7.71. The number of carbonyl (C=O) groups is 1. The molecule has 27 heavy (non-hydrogen) atoms. The topological polar surface area (TPSA) is 35.6 Å². The minimum Gasteiger partial charge on any atom is -0.324 e. The van der Waals surface area contributed by atoms with Crippen molar-refractivity contribution in [2.24, 2.45) is 0 Å². The molecule has 2 aromatic rings. The van der Waals surface area contributed by atoms with Crippen molar-refractivity contribution in [1.29, 1.82) is 0 Å². The number of anilines is 1. The summed E-state index contributed by atoms with van der Waals surface area (Å²) in [6.45, 7) is 4.11. The highest BCUT2D eigenvalue weighted by atomic mass is 35.5. The van der Waals surface area contributed by atoms with Gasteiger partial charge in [-0.25, -0.2) is 4.39 Å². The largest absolute Gasteiger partial charge is 0.324 e. The van der Waals surface area contributed by atoms with Gasteiger partial charge in [-0.05, 0) is 35.9 Å². The lowest BCUT2D eigenvalue weighted by atomic mass is 10.2. The molecule has 1 heterocycles. The van der Waals surface area contributed by atoms with Crippen LogP contribution in [0.25, 0.3) is 0 Å². The number of amides is 1. The molecule has 1 saturated heterocycles. The number of halogens is 4. The number of rotatable bonds is 5. The first-order chi connectivity index (χ1) is 12.9. The molecule has 1 aliphatic heterocycles. The number of hydrogen-bond donors (Lipinski definition) is 1. The van der Waals surface area contributed by atoms with Crippen LogP contribution in [0.15, 0.2) is 36.4 Å². The Bertz CT molecular complexity index is 826. The van der Waals surface area contributed by atoms with Crippen LogP contribution in [0.2, 0.25) is 15.1 Å². The van der Waals surface area contributed by atoms with Gasteiger partial charge in [0, 0.05) is 42.8 Å². The lowest BCUT2D eigenvalue weighted by Crippen LogP contribution is -2.48. The van der Waals surface area contributed by atoms with Crippen LogP contribution in [0.4, 0.5) is 10.1 Å². The number of nitrogens with zero attached hydrogens (tertiary/aromatic N) is 2. The lowest BCUT2D eigenvalue weighted by molar-refractivity contribution is -0.117. The first kappa shape index (κ1) is 20.4. The van der Waals surface area contributed by atoms with E-state index in [0.29, 0.717) is 33.8 Å². The van der Waals surface area contributed by atoms with E-state index < -0.39 is 0 Å². The van der Waals surface area contributed by atoms with Crippen molar-refractivity contribution in [3.63, 3.8) is 0 Å². The van der Waals surface area contributed by atoms with Gasteiger partial charge in [-0.3, -0.25) is 14.6 Å². The smallest absolute Gasteiger partial charge is 0.238 e. The molecule has 0 aliphatic carbocycles. The molecular formula is C19H19Cl3FN3O. The van der Waals surface area contributed by atoms with Crippen molar-refractivity contribution in [3.8, 4) is 0 Å². The van der Waals surface area contributed by atoms with E-state index in [1.54, 1.807) is 24.3 Å². The molecule has 0 spiro atoms. The van der Waals surface area contributed by atoms with E-state index in [1.807, 2.05) is 0 Å². The summed E-state index contributed by atoms with van der Waals surface area (Å²) in [5, 5.41) is 4.19. The van der Waals surface area contributed by atoms with Crippen LogP contribution in [0.5, 0.6) is 0 Å². The van der Waals surface area contributed by atoms with E-state index in [1.165, 1.54) is 12.1 Å². The standard InChI is InChI=1S/C19H19Cl3FN3O/c20-14-2-4-18(17(22)9-14)24-19(27)12-26-7-5-25(6-8-26)11-13-1-3-15(23)10-16(13)21/h1-4,9-10H,5-8,11-12H2,(H,24,27). The third kappa shape index (κ3) is 5.80. The zero-order valence-electron chi connectivity index (χ0n) is 14.5. The fourth-order valence-electron chi connectivity index (χ4n) is 2.98. The Kier molecular flexibility index (Phi) is 6.95. The van der Waals surface area contributed by atoms with E-state index in [4.69, 9.17) is 34.8 Å². The summed E-state index contributed by atoms with van der Waals surface area (Å²) in [7, 11) is 0. The highest BCUT2D eigenvalue weighted by Gasteiger charge is 2.20. The average molecular weight is 431 g/mol. The summed E-state index contributed by atoms with van der Waals surface area (Å²) in [5.41, 5.74) is 1.46. The Morgan fingerprint density at radius 1 is 0.963 bits per heavy atom. The van der Waals surface area contributed by atoms with E-state index in [9.17, 15) is 9.18 Å². The van der Waals surface area contributed by atoms with Crippen molar-refractivity contribution >= 4 is 46.4 Å². The lowest BCUT2D eigenvalue weighted by Gasteiger charge is -2.34. The van der Waals surface area contributed by atoms with Crippen LogP contribution >= 0.6 is 34.8 Å². The Balaban J connectivity index is 1.47. The molecule has 0 unspecified atom stereocenters. The van der Waals surface area contributed by atoms with Crippen LogP contribution < -0.4 is 5.32 Å². The molecule has 8 heteroatoms. The number of piperazine rings is 1. The quantitative estimate of drug-likeness (QED) is 0.756. The normalized spacial score (nSPS) is 15.7. The summed E-state index contributed by atoms with van der Waals surface area (Å²) < 4.78 is 13.1. The van der Waals surface area contributed by atoms with Crippen molar-refractivity contribution in [3.05, 3.63) is 62.8 Å². The van der Waals surface area contributed by atoms with Gasteiger partial charge in [-0.2, -0.15) is 0 Å².